The summed E-state index contributed by atoms with van der Waals surface area (Å²) in [6, 6.07) is 0. The van der Waals surface area contributed by atoms with E-state index >= 15 is 0 Å². The lowest BCUT2D eigenvalue weighted by Gasteiger charge is -2.10. The molecule has 0 fully saturated rings. The largest absolute Gasteiger partial charge is 0.388 e. The zero-order chi connectivity index (χ0) is 9.68. The Balaban J connectivity index is 2.45. The molecule has 0 aliphatic carbocycles. The van der Waals surface area contributed by atoms with Crippen LogP contribution in [0.2, 0.25) is 0 Å². The highest BCUT2D eigenvalue weighted by atomic mass is 32.2. The van der Waals surface area contributed by atoms with Crippen molar-refractivity contribution in [2.75, 3.05) is 0 Å². The summed E-state index contributed by atoms with van der Waals surface area (Å²) >= 11 is 3.34. The first-order valence-corrected chi connectivity index (χ1v) is 5.87. The first kappa shape index (κ1) is 10.5. The normalized spacial score (nSPS) is 12.7. The second kappa shape index (κ2) is 5.24. The van der Waals surface area contributed by atoms with Gasteiger partial charge in [-0.15, -0.1) is 11.3 Å². The Hall–Kier alpha value is -0.550. The molecule has 1 rings (SSSR count). The summed E-state index contributed by atoms with van der Waals surface area (Å²) in [6.07, 6.45) is 3.47. The number of amidine groups is 1. The summed E-state index contributed by atoms with van der Waals surface area (Å²) in [6.45, 7) is 2.11. The van der Waals surface area contributed by atoms with Crippen LogP contribution in [0.15, 0.2) is 15.9 Å². The van der Waals surface area contributed by atoms with Gasteiger partial charge >= 0.3 is 0 Å². The molecule has 0 saturated heterocycles. The Labute approximate surface area is 86.3 Å². The molecule has 5 heteroatoms. The van der Waals surface area contributed by atoms with Gasteiger partial charge in [0.25, 0.3) is 0 Å². The van der Waals surface area contributed by atoms with Crippen LogP contribution in [0.4, 0.5) is 0 Å². The number of hydrogen-bond donors (Lipinski definition) is 2. The number of nitrogens with two attached hydrogens (primary N) is 1. The minimum Gasteiger partial charge on any atom is -0.388 e. The zero-order valence-corrected chi connectivity index (χ0v) is 9.12. The Morgan fingerprint density at radius 3 is 3.08 bits per heavy atom. The molecule has 1 aromatic rings. The van der Waals surface area contributed by atoms with Crippen molar-refractivity contribution >= 4 is 28.9 Å². The Morgan fingerprint density at radius 2 is 2.62 bits per heavy atom. The van der Waals surface area contributed by atoms with Gasteiger partial charge in [-0.2, -0.15) is 0 Å². The van der Waals surface area contributed by atoms with Gasteiger partial charge < -0.3 is 5.73 Å². The third-order valence-electron chi connectivity index (χ3n) is 1.58. The molecular weight excluding hydrogens is 202 g/mol. The highest BCUT2D eigenvalue weighted by molar-refractivity contribution is 8.01. The van der Waals surface area contributed by atoms with Gasteiger partial charge in [0.05, 0.1) is 5.84 Å². The van der Waals surface area contributed by atoms with Crippen molar-refractivity contribution in [3.8, 4) is 0 Å². The molecule has 1 atom stereocenters. The Bertz CT molecular complexity index is 258. The molecule has 0 aromatic carbocycles. The lowest BCUT2D eigenvalue weighted by molar-refractivity contribution is 0.848. The monoisotopic (exact) mass is 215 g/mol. The number of aromatic nitrogens is 1. The van der Waals surface area contributed by atoms with Gasteiger partial charge in [0.2, 0.25) is 0 Å². The van der Waals surface area contributed by atoms with Crippen LogP contribution in [0, 0.1) is 5.41 Å². The van der Waals surface area contributed by atoms with Crippen LogP contribution >= 0.6 is 23.1 Å². The minimum absolute atomic E-state index is 0.260. The van der Waals surface area contributed by atoms with E-state index in [2.05, 4.69) is 11.9 Å². The van der Waals surface area contributed by atoms with Gasteiger partial charge in [-0.05, 0) is 6.42 Å². The van der Waals surface area contributed by atoms with Crippen LogP contribution in [0.5, 0.6) is 0 Å². The second-order valence-electron chi connectivity index (χ2n) is 2.68. The zero-order valence-electron chi connectivity index (χ0n) is 7.49. The molecule has 0 aliphatic heterocycles. The van der Waals surface area contributed by atoms with Crippen molar-refractivity contribution in [1.29, 1.82) is 5.41 Å². The number of nitrogens with zero attached hydrogens (tertiary/aromatic N) is 1. The Kier molecular flexibility index (Phi) is 4.24. The predicted molar refractivity (Wildman–Crippen MR) is 58.6 cm³/mol. The summed E-state index contributed by atoms with van der Waals surface area (Å²) in [4.78, 5) is 4.18. The summed E-state index contributed by atoms with van der Waals surface area (Å²) < 4.78 is 1.06. The lowest BCUT2D eigenvalue weighted by atomic mass is 10.2. The highest BCUT2D eigenvalue weighted by Gasteiger charge is 2.10. The highest BCUT2D eigenvalue weighted by Crippen LogP contribution is 2.28. The number of thioether (sulfide) groups is 1. The van der Waals surface area contributed by atoms with Crippen LogP contribution in [0.25, 0.3) is 0 Å². The van der Waals surface area contributed by atoms with E-state index in [1.807, 2.05) is 5.38 Å². The van der Waals surface area contributed by atoms with E-state index in [0.29, 0.717) is 11.7 Å². The van der Waals surface area contributed by atoms with E-state index < -0.39 is 0 Å². The third-order valence-corrected chi connectivity index (χ3v) is 3.86. The number of thiazole rings is 1. The first-order valence-electron chi connectivity index (χ1n) is 4.11. The maximum absolute atomic E-state index is 7.20. The molecule has 0 radical (unpaired) electrons. The quantitative estimate of drug-likeness (QED) is 0.450. The molecule has 13 heavy (non-hydrogen) atoms. The van der Waals surface area contributed by atoms with Crippen molar-refractivity contribution < 1.29 is 0 Å². The van der Waals surface area contributed by atoms with Crippen molar-refractivity contribution in [2.45, 2.75) is 29.4 Å². The molecule has 0 bridgehead atoms. The summed E-state index contributed by atoms with van der Waals surface area (Å²) in [5, 5.41) is 9.56. The molecule has 3 N–H and O–H groups in total. The van der Waals surface area contributed by atoms with Crippen LogP contribution in [0.1, 0.15) is 19.8 Å². The third kappa shape index (κ3) is 3.78. The summed E-state index contributed by atoms with van der Waals surface area (Å²) in [5.41, 5.74) is 5.35. The average Bonchev–Trinajstić information content (AvgIpc) is 2.55. The lowest BCUT2D eigenvalue weighted by Crippen LogP contribution is -2.16. The van der Waals surface area contributed by atoms with Gasteiger partial charge in [-0.25, -0.2) is 4.98 Å². The maximum atomic E-state index is 7.20. The van der Waals surface area contributed by atoms with Crippen LogP contribution in [-0.2, 0) is 0 Å². The van der Waals surface area contributed by atoms with Crippen LogP contribution in [-0.4, -0.2) is 16.1 Å². The molecule has 0 amide bonds. The van der Waals surface area contributed by atoms with Gasteiger partial charge in [-0.3, -0.25) is 5.41 Å². The molecule has 0 aliphatic rings. The molecule has 72 valence electrons. The Morgan fingerprint density at radius 1 is 1.85 bits per heavy atom. The van der Waals surface area contributed by atoms with E-state index in [1.165, 1.54) is 0 Å². The van der Waals surface area contributed by atoms with E-state index in [-0.39, 0.29) is 5.84 Å². The van der Waals surface area contributed by atoms with Crippen LogP contribution < -0.4 is 5.73 Å². The van der Waals surface area contributed by atoms with Gasteiger partial charge in [0.15, 0.2) is 0 Å². The molecule has 3 nitrogen and oxygen atoms in total. The number of nitrogens with one attached hydrogen (secondary N) is 1. The van der Waals surface area contributed by atoms with Gasteiger partial charge in [0.1, 0.15) is 4.34 Å². The average molecular weight is 215 g/mol. The van der Waals surface area contributed by atoms with Crippen molar-refractivity contribution in [2.24, 2.45) is 5.73 Å². The van der Waals surface area contributed by atoms with E-state index in [1.54, 1.807) is 29.3 Å². The second-order valence-corrected chi connectivity index (χ2v) is 5.12. The topological polar surface area (TPSA) is 62.8 Å². The summed E-state index contributed by atoms with van der Waals surface area (Å²) in [7, 11) is 0. The van der Waals surface area contributed by atoms with E-state index in [4.69, 9.17) is 11.1 Å². The van der Waals surface area contributed by atoms with Gasteiger partial charge in [-0.1, -0.05) is 18.7 Å². The number of hydrogen-bond acceptors (Lipinski definition) is 4. The van der Waals surface area contributed by atoms with E-state index in [0.717, 1.165) is 10.8 Å². The SMILES string of the molecule is CCC(CC(=N)N)Sc1nccs1. The summed E-state index contributed by atoms with van der Waals surface area (Å²) in [5.74, 6) is 0.260. The molecule has 1 aromatic heterocycles. The fourth-order valence-electron chi connectivity index (χ4n) is 0.926. The standard InChI is InChI=1S/C8H13N3S2/c1-2-6(5-7(9)10)13-8-11-3-4-12-8/h3-4,6H,2,5H2,1H3,(H3,9,10). The molecule has 1 heterocycles. The van der Waals surface area contributed by atoms with Crippen molar-refractivity contribution in [3.63, 3.8) is 0 Å². The first-order chi connectivity index (χ1) is 6.22. The fourth-order valence-corrected chi connectivity index (χ4v) is 2.92. The predicted octanol–water partition coefficient (Wildman–Crippen LogP) is 2.34. The fraction of sp³-hybridized carbons (Fsp3) is 0.500. The van der Waals surface area contributed by atoms with Crippen molar-refractivity contribution in [1.82, 2.24) is 4.98 Å². The smallest absolute Gasteiger partial charge is 0.150 e. The number of rotatable bonds is 5. The maximum Gasteiger partial charge on any atom is 0.150 e. The molecule has 1 unspecified atom stereocenters. The molecule has 0 saturated carbocycles. The molecular formula is C8H13N3S2. The minimum atomic E-state index is 0.260. The van der Waals surface area contributed by atoms with E-state index in [9.17, 15) is 0 Å². The van der Waals surface area contributed by atoms with Crippen molar-refractivity contribution in [3.05, 3.63) is 11.6 Å². The van der Waals surface area contributed by atoms with Crippen LogP contribution in [0.3, 0.4) is 0 Å². The van der Waals surface area contributed by atoms with Gasteiger partial charge in [0, 0.05) is 23.2 Å². The molecule has 0 spiro atoms.